The number of hydrogen-bond donors (Lipinski definition) is 2. The van der Waals surface area contributed by atoms with Gasteiger partial charge in [-0.2, -0.15) is 0 Å². The highest BCUT2D eigenvalue weighted by molar-refractivity contribution is 7.91. The van der Waals surface area contributed by atoms with E-state index in [1.54, 1.807) is 6.92 Å². The van der Waals surface area contributed by atoms with Crippen molar-refractivity contribution in [3.05, 3.63) is 29.6 Å². The van der Waals surface area contributed by atoms with Crippen LogP contribution in [0.4, 0.5) is 0 Å². The summed E-state index contributed by atoms with van der Waals surface area (Å²) in [7, 11) is -3.20. The molecule has 0 aromatic carbocycles. The van der Waals surface area contributed by atoms with Crippen molar-refractivity contribution in [2.45, 2.75) is 19.9 Å². The molecule has 0 aliphatic rings. The molecule has 0 bridgehead atoms. The van der Waals surface area contributed by atoms with Crippen LogP contribution in [0.25, 0.3) is 0 Å². The number of aromatic nitrogens is 1. The molecule has 0 spiro atoms. The lowest BCUT2D eigenvalue weighted by molar-refractivity contribution is 0.0696. The first-order valence-electron chi connectivity index (χ1n) is 5.96. The first-order valence-corrected chi connectivity index (χ1v) is 7.78. The van der Waals surface area contributed by atoms with E-state index in [4.69, 9.17) is 5.11 Å². The van der Waals surface area contributed by atoms with Crippen molar-refractivity contribution in [1.29, 1.82) is 0 Å². The molecule has 1 atom stereocenters. The molecule has 1 aromatic rings. The Labute approximate surface area is 116 Å². The molecule has 1 amide bonds. The Hall–Kier alpha value is -1.96. The largest absolute Gasteiger partial charge is 0.478 e. The lowest BCUT2D eigenvalue weighted by atomic mass is 10.2. The number of carbonyl (C=O) groups is 2. The Bertz CT molecular complexity index is 612. The van der Waals surface area contributed by atoms with Crippen LogP contribution < -0.4 is 5.32 Å². The van der Waals surface area contributed by atoms with E-state index in [0.29, 0.717) is 0 Å². The first-order chi connectivity index (χ1) is 9.25. The Morgan fingerprint density at radius 2 is 2.10 bits per heavy atom. The van der Waals surface area contributed by atoms with E-state index in [1.165, 1.54) is 19.2 Å². The Balaban J connectivity index is 2.76. The third-order valence-corrected chi connectivity index (χ3v) is 4.45. The summed E-state index contributed by atoms with van der Waals surface area (Å²) in [5.74, 6) is -1.94. The summed E-state index contributed by atoms with van der Waals surface area (Å²) in [5, 5.41) is 11.3. The molecule has 1 rings (SSSR count). The standard InChI is InChI=1S/C12H16N2O5S/c1-3-20(18,19)7-8(2)14-11(15)10-6-9(12(16)17)4-5-13-10/h4-6,8H,3,7H2,1-2H3,(H,14,15)(H,16,17). The maximum atomic E-state index is 11.8. The van der Waals surface area contributed by atoms with Crippen LogP contribution in [-0.2, 0) is 9.84 Å². The zero-order chi connectivity index (χ0) is 15.3. The summed E-state index contributed by atoms with van der Waals surface area (Å²) in [6.45, 7) is 3.09. The van der Waals surface area contributed by atoms with Gasteiger partial charge in [0.15, 0.2) is 9.84 Å². The molecule has 0 radical (unpaired) electrons. The lowest BCUT2D eigenvalue weighted by Crippen LogP contribution is -2.38. The van der Waals surface area contributed by atoms with E-state index in [2.05, 4.69) is 10.3 Å². The van der Waals surface area contributed by atoms with Gasteiger partial charge in [-0.25, -0.2) is 13.2 Å². The van der Waals surface area contributed by atoms with Crippen molar-refractivity contribution in [3.63, 3.8) is 0 Å². The summed E-state index contributed by atoms with van der Waals surface area (Å²) in [6, 6.07) is 1.82. The highest BCUT2D eigenvalue weighted by atomic mass is 32.2. The van der Waals surface area contributed by atoms with E-state index in [1.807, 2.05) is 0 Å². The van der Waals surface area contributed by atoms with Crippen molar-refractivity contribution in [3.8, 4) is 0 Å². The maximum absolute atomic E-state index is 11.8. The highest BCUT2D eigenvalue weighted by Crippen LogP contribution is 2.03. The number of carboxylic acids is 1. The zero-order valence-corrected chi connectivity index (χ0v) is 12.0. The summed E-state index contributed by atoms with van der Waals surface area (Å²) in [5.41, 5.74) is -0.121. The number of carbonyl (C=O) groups excluding carboxylic acids is 1. The number of aromatic carboxylic acids is 1. The molecular weight excluding hydrogens is 284 g/mol. The minimum Gasteiger partial charge on any atom is -0.478 e. The van der Waals surface area contributed by atoms with E-state index in [0.717, 1.165) is 6.07 Å². The van der Waals surface area contributed by atoms with Crippen LogP contribution in [0.3, 0.4) is 0 Å². The number of nitrogens with one attached hydrogen (secondary N) is 1. The molecular formula is C12H16N2O5S. The van der Waals surface area contributed by atoms with Gasteiger partial charge in [-0.3, -0.25) is 9.78 Å². The van der Waals surface area contributed by atoms with Crippen molar-refractivity contribution in [2.24, 2.45) is 0 Å². The predicted octanol–water partition coefficient (Wildman–Crippen LogP) is 0.333. The van der Waals surface area contributed by atoms with Gasteiger partial charge in [0.2, 0.25) is 0 Å². The van der Waals surface area contributed by atoms with Gasteiger partial charge in [-0.15, -0.1) is 0 Å². The van der Waals surface area contributed by atoms with Crippen LogP contribution >= 0.6 is 0 Å². The van der Waals surface area contributed by atoms with Crippen LogP contribution in [0.1, 0.15) is 34.7 Å². The second-order valence-electron chi connectivity index (χ2n) is 4.31. The lowest BCUT2D eigenvalue weighted by Gasteiger charge is -2.13. The van der Waals surface area contributed by atoms with Gasteiger partial charge in [0.1, 0.15) is 5.69 Å². The summed E-state index contributed by atoms with van der Waals surface area (Å²) in [4.78, 5) is 26.4. The summed E-state index contributed by atoms with van der Waals surface area (Å²) in [6.07, 6.45) is 1.21. The highest BCUT2D eigenvalue weighted by Gasteiger charge is 2.17. The third kappa shape index (κ3) is 4.61. The molecule has 0 aliphatic heterocycles. The fourth-order valence-electron chi connectivity index (χ4n) is 1.53. The second kappa shape index (κ2) is 6.47. The molecule has 0 fully saturated rings. The normalized spacial score (nSPS) is 12.7. The monoisotopic (exact) mass is 300 g/mol. The van der Waals surface area contributed by atoms with Gasteiger partial charge in [-0.1, -0.05) is 6.92 Å². The molecule has 0 saturated carbocycles. The fraction of sp³-hybridized carbons (Fsp3) is 0.417. The van der Waals surface area contributed by atoms with E-state index in [9.17, 15) is 18.0 Å². The molecule has 0 aliphatic carbocycles. The van der Waals surface area contributed by atoms with Crippen LogP contribution in [0.2, 0.25) is 0 Å². The number of pyridine rings is 1. The quantitative estimate of drug-likeness (QED) is 0.782. The van der Waals surface area contributed by atoms with Crippen molar-refractivity contribution in [1.82, 2.24) is 10.3 Å². The van der Waals surface area contributed by atoms with Gasteiger partial charge in [0.25, 0.3) is 5.91 Å². The van der Waals surface area contributed by atoms with E-state index in [-0.39, 0.29) is 22.8 Å². The third-order valence-electron chi connectivity index (χ3n) is 2.56. The first kappa shape index (κ1) is 16.1. The number of rotatable bonds is 6. The molecule has 1 heterocycles. The molecule has 1 aromatic heterocycles. The van der Waals surface area contributed by atoms with Gasteiger partial charge in [-0.05, 0) is 19.1 Å². The second-order valence-corrected chi connectivity index (χ2v) is 6.71. The smallest absolute Gasteiger partial charge is 0.335 e. The van der Waals surface area contributed by atoms with Gasteiger partial charge < -0.3 is 10.4 Å². The average molecular weight is 300 g/mol. The zero-order valence-electron chi connectivity index (χ0n) is 11.2. The summed E-state index contributed by atoms with van der Waals surface area (Å²) >= 11 is 0. The number of nitrogens with zero attached hydrogens (tertiary/aromatic N) is 1. The minimum absolute atomic E-state index is 0.0000399. The molecule has 110 valence electrons. The van der Waals surface area contributed by atoms with Crippen LogP contribution in [0.5, 0.6) is 0 Å². The average Bonchev–Trinajstić information content (AvgIpc) is 2.38. The van der Waals surface area contributed by atoms with Crippen LogP contribution in [0, 0.1) is 0 Å². The summed E-state index contributed by atoms with van der Waals surface area (Å²) < 4.78 is 22.9. The Morgan fingerprint density at radius 1 is 1.45 bits per heavy atom. The van der Waals surface area contributed by atoms with E-state index >= 15 is 0 Å². The van der Waals surface area contributed by atoms with Gasteiger partial charge in [0.05, 0.1) is 11.3 Å². The molecule has 8 heteroatoms. The van der Waals surface area contributed by atoms with Crippen molar-refractivity contribution in [2.75, 3.05) is 11.5 Å². The number of carboxylic acid groups (broad SMARTS) is 1. The topological polar surface area (TPSA) is 113 Å². The Kier molecular flexibility index (Phi) is 5.20. The van der Waals surface area contributed by atoms with E-state index < -0.39 is 27.8 Å². The molecule has 20 heavy (non-hydrogen) atoms. The van der Waals surface area contributed by atoms with Crippen molar-refractivity contribution < 1.29 is 23.1 Å². The van der Waals surface area contributed by atoms with Gasteiger partial charge >= 0.3 is 5.97 Å². The van der Waals surface area contributed by atoms with Crippen LogP contribution in [-0.4, -0.2) is 47.9 Å². The minimum atomic E-state index is -3.20. The Morgan fingerprint density at radius 3 is 2.65 bits per heavy atom. The molecule has 0 saturated heterocycles. The fourth-order valence-corrected chi connectivity index (χ4v) is 2.61. The predicted molar refractivity (Wildman–Crippen MR) is 72.5 cm³/mol. The molecule has 7 nitrogen and oxygen atoms in total. The maximum Gasteiger partial charge on any atom is 0.335 e. The van der Waals surface area contributed by atoms with Crippen LogP contribution in [0.15, 0.2) is 18.3 Å². The number of amides is 1. The molecule has 2 N–H and O–H groups in total. The number of hydrogen-bond acceptors (Lipinski definition) is 5. The van der Waals surface area contributed by atoms with Crippen molar-refractivity contribution >= 4 is 21.7 Å². The number of sulfone groups is 1. The molecule has 1 unspecified atom stereocenters. The van der Waals surface area contributed by atoms with Gasteiger partial charge in [0, 0.05) is 18.0 Å². The SMILES string of the molecule is CCS(=O)(=O)CC(C)NC(=O)c1cc(C(=O)O)ccn1.